The van der Waals surface area contributed by atoms with Crippen LogP contribution in [0.4, 0.5) is 5.13 Å². The molecule has 0 saturated heterocycles. The van der Waals surface area contributed by atoms with Gasteiger partial charge in [0.1, 0.15) is 0 Å². The molecule has 0 spiro atoms. The number of hydrogen-bond acceptors (Lipinski definition) is 5. The predicted molar refractivity (Wildman–Crippen MR) is 97.7 cm³/mol. The number of nitrogens with one attached hydrogen (secondary N) is 1. The lowest BCUT2D eigenvalue weighted by Crippen LogP contribution is -2.37. The van der Waals surface area contributed by atoms with Crippen LogP contribution in [0.3, 0.4) is 0 Å². The van der Waals surface area contributed by atoms with Crippen LogP contribution in [0.15, 0.2) is 35.7 Å². The van der Waals surface area contributed by atoms with E-state index in [1.54, 1.807) is 12.3 Å². The summed E-state index contributed by atoms with van der Waals surface area (Å²) >= 11 is 1.34. The molecule has 132 valence electrons. The van der Waals surface area contributed by atoms with Gasteiger partial charge >= 0.3 is 5.97 Å². The lowest BCUT2D eigenvalue weighted by molar-refractivity contribution is -0.142. The normalized spacial score (nSPS) is 15.7. The van der Waals surface area contributed by atoms with Crippen molar-refractivity contribution in [3.05, 3.63) is 47.0 Å². The van der Waals surface area contributed by atoms with Crippen LogP contribution in [0.2, 0.25) is 0 Å². The van der Waals surface area contributed by atoms with Crippen molar-refractivity contribution in [1.82, 2.24) is 4.98 Å². The molecule has 3 rings (SSSR count). The molecule has 1 saturated carbocycles. The second-order valence-electron chi connectivity index (χ2n) is 6.24. The number of hydrogen-bond donors (Lipinski definition) is 1. The summed E-state index contributed by atoms with van der Waals surface area (Å²) in [6, 6.07) is 9.97. The molecule has 1 aromatic carbocycles. The Balaban J connectivity index is 1.73. The monoisotopic (exact) mass is 358 g/mol. The Kier molecular flexibility index (Phi) is 5.48. The maximum Gasteiger partial charge on any atom is 0.311 e. The number of benzene rings is 1. The number of carbonyl (C=O) groups excluding carboxylic acids is 2. The summed E-state index contributed by atoms with van der Waals surface area (Å²) in [5.74, 6) is -0.310. The van der Waals surface area contributed by atoms with Gasteiger partial charge < -0.3 is 10.1 Å². The van der Waals surface area contributed by atoms with E-state index in [2.05, 4.69) is 10.3 Å². The van der Waals surface area contributed by atoms with E-state index in [0.717, 1.165) is 31.2 Å². The number of amides is 1. The minimum Gasteiger partial charge on any atom is -0.466 e. The second kappa shape index (κ2) is 7.78. The van der Waals surface area contributed by atoms with Gasteiger partial charge in [-0.25, -0.2) is 4.98 Å². The van der Waals surface area contributed by atoms with Crippen LogP contribution in [0, 0.1) is 0 Å². The van der Waals surface area contributed by atoms with Crippen molar-refractivity contribution in [1.29, 1.82) is 0 Å². The molecule has 1 N–H and O–H groups in total. The van der Waals surface area contributed by atoms with E-state index >= 15 is 0 Å². The van der Waals surface area contributed by atoms with Gasteiger partial charge in [0, 0.05) is 5.38 Å². The first kappa shape index (κ1) is 17.6. The number of carbonyl (C=O) groups is 2. The lowest BCUT2D eigenvalue weighted by Gasteiger charge is -2.27. The Bertz CT molecular complexity index is 736. The number of aromatic nitrogens is 1. The molecule has 1 aromatic heterocycles. The zero-order chi connectivity index (χ0) is 17.7. The number of esters is 1. The average molecular weight is 358 g/mol. The molecule has 6 heteroatoms. The van der Waals surface area contributed by atoms with Crippen LogP contribution in [0.25, 0.3) is 0 Å². The standard InChI is InChI=1S/C19H22N2O3S/c1-2-24-16(22)12-15-13-25-18(20-15)21-17(23)19(10-6-7-11-19)14-8-4-3-5-9-14/h3-5,8-9,13H,2,6-7,10-12H2,1H3,(H,20,21,23). The zero-order valence-electron chi connectivity index (χ0n) is 14.3. The van der Waals surface area contributed by atoms with Crippen LogP contribution >= 0.6 is 11.3 Å². The zero-order valence-corrected chi connectivity index (χ0v) is 15.1. The molecular weight excluding hydrogens is 336 g/mol. The van der Waals surface area contributed by atoms with Gasteiger partial charge in [0.05, 0.1) is 24.1 Å². The van der Waals surface area contributed by atoms with Gasteiger partial charge in [-0.1, -0.05) is 43.2 Å². The summed E-state index contributed by atoms with van der Waals surface area (Å²) in [4.78, 5) is 28.9. The highest BCUT2D eigenvalue weighted by Crippen LogP contribution is 2.42. The predicted octanol–water partition coefficient (Wildman–Crippen LogP) is 3.70. The van der Waals surface area contributed by atoms with E-state index in [1.165, 1.54) is 11.3 Å². The maximum atomic E-state index is 13.0. The molecule has 2 aromatic rings. The van der Waals surface area contributed by atoms with E-state index in [0.29, 0.717) is 17.4 Å². The van der Waals surface area contributed by atoms with Crippen molar-refractivity contribution in [2.24, 2.45) is 0 Å². The van der Waals surface area contributed by atoms with Crippen molar-refractivity contribution >= 4 is 28.3 Å². The summed E-state index contributed by atoms with van der Waals surface area (Å²) in [6.45, 7) is 2.13. The molecule has 0 unspecified atom stereocenters. The maximum absolute atomic E-state index is 13.0. The molecule has 0 radical (unpaired) electrons. The van der Waals surface area contributed by atoms with Crippen LogP contribution < -0.4 is 5.32 Å². The molecule has 0 atom stereocenters. The second-order valence-corrected chi connectivity index (χ2v) is 7.09. The third kappa shape index (κ3) is 3.90. The van der Waals surface area contributed by atoms with Crippen LogP contribution in [0.5, 0.6) is 0 Å². The van der Waals surface area contributed by atoms with Crippen molar-refractivity contribution in [2.45, 2.75) is 44.4 Å². The Morgan fingerprint density at radius 1 is 1.24 bits per heavy atom. The molecule has 1 aliphatic rings. The van der Waals surface area contributed by atoms with Crippen molar-refractivity contribution in [2.75, 3.05) is 11.9 Å². The average Bonchev–Trinajstić information content (AvgIpc) is 3.26. The molecule has 1 heterocycles. The highest BCUT2D eigenvalue weighted by molar-refractivity contribution is 7.13. The third-order valence-electron chi connectivity index (χ3n) is 4.62. The number of thiazole rings is 1. The molecule has 1 aliphatic carbocycles. The Labute approximate surface area is 151 Å². The van der Waals surface area contributed by atoms with Gasteiger partial charge in [-0.3, -0.25) is 9.59 Å². The summed E-state index contributed by atoms with van der Waals surface area (Å²) in [6.07, 6.45) is 3.93. The van der Waals surface area contributed by atoms with E-state index in [-0.39, 0.29) is 18.3 Å². The van der Waals surface area contributed by atoms with E-state index in [4.69, 9.17) is 4.74 Å². The van der Waals surface area contributed by atoms with Crippen LogP contribution in [-0.2, 0) is 26.2 Å². The van der Waals surface area contributed by atoms with Gasteiger partial charge in [-0.2, -0.15) is 0 Å². The van der Waals surface area contributed by atoms with Gasteiger partial charge in [-0.15, -0.1) is 11.3 Å². The number of rotatable bonds is 6. The van der Waals surface area contributed by atoms with Crippen LogP contribution in [-0.4, -0.2) is 23.5 Å². The molecular formula is C19H22N2O3S. The fourth-order valence-electron chi connectivity index (χ4n) is 3.40. The fraction of sp³-hybridized carbons (Fsp3) is 0.421. The van der Waals surface area contributed by atoms with Gasteiger partial charge in [0.25, 0.3) is 0 Å². The molecule has 25 heavy (non-hydrogen) atoms. The smallest absolute Gasteiger partial charge is 0.311 e. The van der Waals surface area contributed by atoms with E-state index < -0.39 is 5.41 Å². The van der Waals surface area contributed by atoms with Gasteiger partial charge in [0.15, 0.2) is 5.13 Å². The van der Waals surface area contributed by atoms with Crippen LogP contribution in [0.1, 0.15) is 43.9 Å². The topological polar surface area (TPSA) is 68.3 Å². The Morgan fingerprint density at radius 2 is 1.96 bits per heavy atom. The lowest BCUT2D eigenvalue weighted by atomic mass is 9.78. The first-order valence-corrected chi connectivity index (χ1v) is 9.49. The minimum absolute atomic E-state index is 0.00626. The Hall–Kier alpha value is -2.21. The number of anilines is 1. The van der Waals surface area contributed by atoms with Gasteiger partial charge in [-0.05, 0) is 25.3 Å². The quantitative estimate of drug-likeness (QED) is 0.800. The molecule has 0 aliphatic heterocycles. The SMILES string of the molecule is CCOC(=O)Cc1csc(NC(=O)C2(c3ccccc3)CCCC2)n1. The largest absolute Gasteiger partial charge is 0.466 e. The first-order chi connectivity index (χ1) is 12.1. The third-order valence-corrected chi connectivity index (χ3v) is 5.43. The van der Waals surface area contributed by atoms with E-state index in [1.807, 2.05) is 30.3 Å². The molecule has 5 nitrogen and oxygen atoms in total. The Morgan fingerprint density at radius 3 is 2.64 bits per heavy atom. The minimum atomic E-state index is -0.478. The summed E-state index contributed by atoms with van der Waals surface area (Å²) in [5, 5.41) is 5.29. The van der Waals surface area contributed by atoms with Crippen molar-refractivity contribution < 1.29 is 14.3 Å². The number of nitrogens with zero attached hydrogens (tertiary/aromatic N) is 1. The summed E-state index contributed by atoms with van der Waals surface area (Å²) in [5.41, 5.74) is 1.21. The molecule has 1 amide bonds. The number of ether oxygens (including phenoxy) is 1. The first-order valence-electron chi connectivity index (χ1n) is 8.61. The highest BCUT2D eigenvalue weighted by atomic mass is 32.1. The summed E-state index contributed by atoms with van der Waals surface area (Å²) in [7, 11) is 0. The summed E-state index contributed by atoms with van der Waals surface area (Å²) < 4.78 is 4.93. The molecule has 0 bridgehead atoms. The van der Waals surface area contributed by atoms with Crippen molar-refractivity contribution in [3.8, 4) is 0 Å². The van der Waals surface area contributed by atoms with Gasteiger partial charge in [0.2, 0.25) is 5.91 Å². The highest BCUT2D eigenvalue weighted by Gasteiger charge is 2.42. The fourth-order valence-corrected chi connectivity index (χ4v) is 4.11. The van der Waals surface area contributed by atoms with Crippen molar-refractivity contribution in [3.63, 3.8) is 0 Å². The van der Waals surface area contributed by atoms with E-state index in [9.17, 15) is 9.59 Å². The molecule has 1 fully saturated rings.